The molecule has 1 aromatic heterocycles. The highest BCUT2D eigenvalue weighted by Gasteiger charge is 2.50. The molecule has 2 rings (SSSR count). The Balaban J connectivity index is 2.57. The molecule has 3 nitrogen and oxygen atoms in total. The van der Waals surface area contributed by atoms with Crippen molar-refractivity contribution in [2.24, 2.45) is 0 Å². The van der Waals surface area contributed by atoms with Crippen molar-refractivity contribution in [3.8, 4) is 0 Å². The van der Waals surface area contributed by atoms with Gasteiger partial charge in [-0.05, 0) is 13.0 Å². The first kappa shape index (κ1) is 8.51. The number of hydrogen-bond donors (Lipinski definition) is 1. The van der Waals surface area contributed by atoms with Crippen molar-refractivity contribution in [3.05, 3.63) is 24.4 Å². The Bertz CT molecular complexity index is 304. The predicted molar refractivity (Wildman–Crippen MR) is 50.4 cm³/mol. The molecule has 13 heavy (non-hydrogen) atoms. The largest absolute Gasteiger partial charge is 0.350 e. The summed E-state index contributed by atoms with van der Waals surface area (Å²) in [7, 11) is 1.91. The van der Waals surface area contributed by atoms with Gasteiger partial charge in [-0.2, -0.15) is 0 Å². The molecule has 0 saturated carbocycles. The van der Waals surface area contributed by atoms with Crippen LogP contribution in [-0.4, -0.2) is 17.9 Å². The first-order valence-electron chi connectivity index (χ1n) is 4.51. The monoisotopic (exact) mass is 179 g/mol. The molecule has 1 aromatic rings. The first-order valence-corrected chi connectivity index (χ1v) is 4.51. The van der Waals surface area contributed by atoms with E-state index in [4.69, 9.17) is 0 Å². The van der Waals surface area contributed by atoms with Crippen LogP contribution in [0.1, 0.15) is 19.9 Å². The highest BCUT2D eigenvalue weighted by Crippen LogP contribution is 2.31. The van der Waals surface area contributed by atoms with Crippen molar-refractivity contribution < 1.29 is 9.67 Å². The molecule has 0 bridgehead atoms. The highest BCUT2D eigenvalue weighted by atomic mass is 16.3. The van der Waals surface area contributed by atoms with Crippen LogP contribution < -0.4 is 9.47 Å². The van der Waals surface area contributed by atoms with Gasteiger partial charge in [-0.15, -0.1) is 0 Å². The van der Waals surface area contributed by atoms with Gasteiger partial charge in [0.2, 0.25) is 5.72 Å². The van der Waals surface area contributed by atoms with Gasteiger partial charge in [0.05, 0.1) is 13.2 Å². The Labute approximate surface area is 78.2 Å². The highest BCUT2D eigenvalue weighted by molar-refractivity contribution is 5.37. The number of pyridine rings is 1. The summed E-state index contributed by atoms with van der Waals surface area (Å²) < 4.78 is 2.08. The quantitative estimate of drug-likeness (QED) is 0.593. The van der Waals surface area contributed by atoms with E-state index in [0.29, 0.717) is 0 Å². The van der Waals surface area contributed by atoms with Crippen molar-refractivity contribution in [1.82, 2.24) is 0 Å². The van der Waals surface area contributed by atoms with E-state index in [1.807, 2.05) is 50.2 Å². The average molecular weight is 179 g/mol. The van der Waals surface area contributed by atoms with Crippen LogP contribution in [0.4, 0.5) is 5.82 Å². The van der Waals surface area contributed by atoms with Gasteiger partial charge in [0.1, 0.15) is 0 Å². The Morgan fingerprint density at radius 3 is 2.85 bits per heavy atom. The second kappa shape index (κ2) is 2.45. The Morgan fingerprint density at radius 2 is 2.23 bits per heavy atom. The number of hydrogen-bond acceptors (Lipinski definition) is 2. The van der Waals surface area contributed by atoms with E-state index in [1.54, 1.807) is 0 Å². The molecule has 2 atom stereocenters. The van der Waals surface area contributed by atoms with Crippen molar-refractivity contribution in [3.63, 3.8) is 0 Å². The summed E-state index contributed by atoms with van der Waals surface area (Å²) >= 11 is 0. The van der Waals surface area contributed by atoms with E-state index in [0.717, 1.165) is 5.82 Å². The first-order chi connectivity index (χ1) is 6.05. The molecule has 0 amide bonds. The summed E-state index contributed by atoms with van der Waals surface area (Å²) in [6, 6.07) is 6.07. The Kier molecular flexibility index (Phi) is 1.60. The lowest BCUT2D eigenvalue weighted by Crippen LogP contribution is -2.47. The van der Waals surface area contributed by atoms with Gasteiger partial charge >= 0.3 is 0 Å². The van der Waals surface area contributed by atoms with Gasteiger partial charge in [-0.25, -0.2) is 9.47 Å². The maximum Gasteiger partial charge on any atom is 0.279 e. The minimum atomic E-state index is -0.783. The third-order valence-corrected chi connectivity index (χ3v) is 3.10. The molecule has 3 heteroatoms. The van der Waals surface area contributed by atoms with Crippen LogP contribution in [0.2, 0.25) is 0 Å². The van der Waals surface area contributed by atoms with Gasteiger partial charge in [-0.1, -0.05) is 6.07 Å². The number of likely N-dealkylation sites (N-methyl/N-ethyl adjacent to an activating group) is 1. The third kappa shape index (κ3) is 0.968. The maximum absolute atomic E-state index is 10.2. The van der Waals surface area contributed by atoms with Crippen molar-refractivity contribution in [2.45, 2.75) is 25.6 Å². The molecule has 2 unspecified atom stereocenters. The fourth-order valence-electron chi connectivity index (χ4n) is 1.83. The predicted octanol–water partition coefficient (Wildman–Crippen LogP) is 0.693. The lowest BCUT2D eigenvalue weighted by atomic mass is 10.1. The molecule has 0 radical (unpaired) electrons. The number of rotatable bonds is 0. The molecule has 1 N–H and O–H groups in total. The second-order valence-electron chi connectivity index (χ2n) is 3.80. The van der Waals surface area contributed by atoms with Gasteiger partial charge in [0.15, 0.2) is 6.04 Å². The molecule has 0 spiro atoms. The summed E-state index contributed by atoms with van der Waals surface area (Å²) in [5.74, 6) is 1.06. The van der Waals surface area contributed by atoms with Crippen LogP contribution in [0.25, 0.3) is 0 Å². The van der Waals surface area contributed by atoms with E-state index in [2.05, 4.69) is 4.57 Å². The minimum Gasteiger partial charge on any atom is -0.350 e. The zero-order valence-corrected chi connectivity index (χ0v) is 8.23. The summed E-state index contributed by atoms with van der Waals surface area (Å²) in [4.78, 5) is 1.90. The average Bonchev–Trinajstić information content (AvgIpc) is 2.30. The molecule has 0 saturated heterocycles. The topological polar surface area (TPSA) is 27.4 Å². The van der Waals surface area contributed by atoms with E-state index in [9.17, 15) is 5.11 Å². The van der Waals surface area contributed by atoms with Crippen LogP contribution in [-0.2, 0) is 0 Å². The molecule has 0 aromatic carbocycles. The summed E-state index contributed by atoms with van der Waals surface area (Å²) in [6.07, 6.45) is 2.00. The van der Waals surface area contributed by atoms with Crippen molar-refractivity contribution >= 4 is 5.82 Å². The van der Waals surface area contributed by atoms with E-state index in [1.165, 1.54) is 0 Å². The van der Waals surface area contributed by atoms with Gasteiger partial charge < -0.3 is 5.11 Å². The molecule has 2 heterocycles. The molecule has 0 aliphatic carbocycles. The summed E-state index contributed by atoms with van der Waals surface area (Å²) in [6.45, 7) is 3.86. The Morgan fingerprint density at radius 1 is 1.54 bits per heavy atom. The van der Waals surface area contributed by atoms with E-state index in [-0.39, 0.29) is 6.04 Å². The molecule has 1 aliphatic rings. The SMILES string of the molecule is CC1[n+]2ccccc2N(C)C1(C)O. The molecule has 70 valence electrons. The second-order valence-corrected chi connectivity index (χ2v) is 3.80. The van der Waals surface area contributed by atoms with Crippen molar-refractivity contribution in [1.29, 1.82) is 0 Å². The van der Waals surface area contributed by atoms with Gasteiger partial charge in [0, 0.05) is 13.0 Å². The van der Waals surface area contributed by atoms with Crippen LogP contribution in [0.3, 0.4) is 0 Å². The van der Waals surface area contributed by atoms with E-state index < -0.39 is 5.72 Å². The van der Waals surface area contributed by atoms with Gasteiger partial charge in [-0.3, -0.25) is 0 Å². The maximum atomic E-state index is 10.2. The van der Waals surface area contributed by atoms with Gasteiger partial charge in [0.25, 0.3) is 5.82 Å². The molecular formula is C10H15N2O+. The van der Waals surface area contributed by atoms with Crippen LogP contribution in [0, 0.1) is 0 Å². The number of nitrogens with zero attached hydrogens (tertiary/aromatic N) is 2. The van der Waals surface area contributed by atoms with Crippen molar-refractivity contribution in [2.75, 3.05) is 11.9 Å². The van der Waals surface area contributed by atoms with Crippen LogP contribution in [0.15, 0.2) is 24.4 Å². The minimum absolute atomic E-state index is 0.0914. The standard InChI is InChI=1S/C10H15N2O/c1-8-10(2,13)11(3)9-6-4-5-7-12(8)9/h4-8,13H,1-3H3/q+1. The van der Waals surface area contributed by atoms with E-state index >= 15 is 0 Å². The fourth-order valence-corrected chi connectivity index (χ4v) is 1.83. The fraction of sp³-hybridized carbons (Fsp3) is 0.500. The number of anilines is 1. The lowest BCUT2D eigenvalue weighted by Gasteiger charge is -2.22. The normalized spacial score (nSPS) is 32.0. The zero-order valence-electron chi connectivity index (χ0n) is 8.23. The summed E-state index contributed by atoms with van der Waals surface area (Å²) in [5, 5.41) is 10.2. The molecule has 1 aliphatic heterocycles. The molecular weight excluding hydrogens is 164 g/mol. The summed E-state index contributed by atoms with van der Waals surface area (Å²) in [5.41, 5.74) is -0.783. The molecule has 0 fully saturated rings. The number of fused-ring (bicyclic) bond motifs is 1. The van der Waals surface area contributed by atoms with Crippen LogP contribution in [0.5, 0.6) is 0 Å². The lowest BCUT2D eigenvalue weighted by molar-refractivity contribution is -0.705. The smallest absolute Gasteiger partial charge is 0.279 e. The zero-order chi connectivity index (χ0) is 9.64. The number of aromatic nitrogens is 1. The Hall–Kier alpha value is -1.09. The number of aliphatic hydroxyl groups is 1. The third-order valence-electron chi connectivity index (χ3n) is 3.10. The van der Waals surface area contributed by atoms with Crippen LogP contribution >= 0.6 is 0 Å².